The zero-order valence-electron chi connectivity index (χ0n) is 10.2. The van der Waals surface area contributed by atoms with E-state index in [9.17, 15) is 0 Å². The first-order valence-corrected chi connectivity index (χ1v) is 7.27. The van der Waals surface area contributed by atoms with Gasteiger partial charge in [0.05, 0.1) is 0 Å². The highest BCUT2D eigenvalue weighted by Crippen LogP contribution is 2.31. The number of hydrogen-bond donors (Lipinski definition) is 2. The molecule has 1 N–H and O–H groups in total. The van der Waals surface area contributed by atoms with Crippen molar-refractivity contribution >= 4 is 12.6 Å². The van der Waals surface area contributed by atoms with Gasteiger partial charge >= 0.3 is 0 Å². The maximum absolute atomic E-state index is 4.18. The van der Waals surface area contributed by atoms with Crippen molar-refractivity contribution in [2.75, 3.05) is 18.8 Å². The van der Waals surface area contributed by atoms with E-state index in [1.165, 1.54) is 51.5 Å². The fraction of sp³-hybridized carbons (Fsp3) is 1.00. The van der Waals surface area contributed by atoms with E-state index in [1.54, 1.807) is 0 Å². The lowest BCUT2D eigenvalue weighted by atomic mass is 9.80. The van der Waals surface area contributed by atoms with Crippen molar-refractivity contribution in [2.45, 2.75) is 51.9 Å². The van der Waals surface area contributed by atoms with Crippen LogP contribution in [0.2, 0.25) is 0 Å². The fourth-order valence-corrected chi connectivity index (χ4v) is 2.87. The normalized spacial score (nSPS) is 26.8. The van der Waals surface area contributed by atoms with Gasteiger partial charge < -0.3 is 5.32 Å². The van der Waals surface area contributed by atoms with E-state index in [0.717, 1.165) is 24.1 Å². The second-order valence-electron chi connectivity index (χ2n) is 5.11. The van der Waals surface area contributed by atoms with Crippen LogP contribution in [0.1, 0.15) is 51.9 Å². The smallest absolute Gasteiger partial charge is 0.00397 e. The summed E-state index contributed by atoms with van der Waals surface area (Å²) in [4.78, 5) is 0. The highest BCUT2D eigenvalue weighted by atomic mass is 32.1. The van der Waals surface area contributed by atoms with Crippen LogP contribution in [-0.4, -0.2) is 18.8 Å². The Morgan fingerprint density at radius 3 is 2.80 bits per heavy atom. The Kier molecular flexibility index (Phi) is 7.54. The molecule has 0 bridgehead atoms. The van der Waals surface area contributed by atoms with Crippen molar-refractivity contribution in [1.82, 2.24) is 5.32 Å². The lowest BCUT2D eigenvalue weighted by molar-refractivity contribution is 0.264. The summed E-state index contributed by atoms with van der Waals surface area (Å²) in [5.74, 6) is 2.99. The van der Waals surface area contributed by atoms with Gasteiger partial charge in [0.25, 0.3) is 0 Å². The number of hydrogen-bond acceptors (Lipinski definition) is 2. The third-order valence-corrected chi connectivity index (χ3v) is 3.77. The summed E-state index contributed by atoms with van der Waals surface area (Å²) in [7, 11) is 0. The lowest BCUT2D eigenvalue weighted by Gasteiger charge is -2.26. The topological polar surface area (TPSA) is 12.0 Å². The van der Waals surface area contributed by atoms with Gasteiger partial charge in [0, 0.05) is 12.3 Å². The van der Waals surface area contributed by atoms with Gasteiger partial charge in [-0.2, -0.15) is 12.6 Å². The molecule has 90 valence electrons. The first kappa shape index (κ1) is 13.4. The molecule has 1 rings (SSSR count). The van der Waals surface area contributed by atoms with Crippen molar-refractivity contribution in [3.8, 4) is 0 Å². The monoisotopic (exact) mass is 229 g/mol. The van der Waals surface area contributed by atoms with Crippen LogP contribution in [0.3, 0.4) is 0 Å². The lowest BCUT2D eigenvalue weighted by Crippen LogP contribution is -2.18. The minimum atomic E-state index is 0.958. The van der Waals surface area contributed by atoms with Gasteiger partial charge in [-0.1, -0.05) is 39.0 Å². The average Bonchev–Trinajstić information content (AvgIpc) is 2.23. The second-order valence-corrected chi connectivity index (χ2v) is 5.55. The molecule has 1 aliphatic carbocycles. The Balaban J connectivity index is 1.90. The first-order valence-electron chi connectivity index (χ1n) is 6.64. The van der Waals surface area contributed by atoms with Gasteiger partial charge in [-0.15, -0.1) is 0 Å². The van der Waals surface area contributed by atoms with Gasteiger partial charge in [0.15, 0.2) is 0 Å². The Labute approximate surface area is 101 Å². The van der Waals surface area contributed by atoms with Gasteiger partial charge in [0.2, 0.25) is 0 Å². The summed E-state index contributed by atoms with van der Waals surface area (Å²) in [5.41, 5.74) is 0. The SMILES string of the molecule is C[C@@H]1CCC[C@@H](CCCCNCCS)C1. The molecule has 1 aliphatic rings. The fourth-order valence-electron chi connectivity index (χ4n) is 2.71. The van der Waals surface area contributed by atoms with Crippen LogP contribution in [0, 0.1) is 11.8 Å². The van der Waals surface area contributed by atoms with Crippen LogP contribution >= 0.6 is 12.6 Å². The van der Waals surface area contributed by atoms with E-state index in [-0.39, 0.29) is 0 Å². The summed E-state index contributed by atoms with van der Waals surface area (Å²) in [6, 6.07) is 0. The minimum absolute atomic E-state index is 0.958. The van der Waals surface area contributed by atoms with E-state index in [4.69, 9.17) is 0 Å². The second kappa shape index (κ2) is 8.46. The predicted molar refractivity (Wildman–Crippen MR) is 71.7 cm³/mol. The molecule has 1 nitrogen and oxygen atoms in total. The molecule has 0 heterocycles. The number of rotatable bonds is 7. The molecular formula is C13H27NS. The summed E-state index contributed by atoms with van der Waals surface area (Å²) >= 11 is 4.18. The third-order valence-electron chi connectivity index (χ3n) is 3.55. The zero-order valence-corrected chi connectivity index (χ0v) is 11.1. The van der Waals surface area contributed by atoms with Crippen molar-refractivity contribution < 1.29 is 0 Å². The molecular weight excluding hydrogens is 202 g/mol. The molecule has 1 fully saturated rings. The van der Waals surface area contributed by atoms with Crippen molar-refractivity contribution in [1.29, 1.82) is 0 Å². The molecule has 0 aromatic heterocycles. The van der Waals surface area contributed by atoms with Crippen molar-refractivity contribution in [2.24, 2.45) is 11.8 Å². The van der Waals surface area contributed by atoms with E-state index >= 15 is 0 Å². The molecule has 0 saturated heterocycles. The zero-order chi connectivity index (χ0) is 10.9. The number of thiol groups is 1. The first-order chi connectivity index (χ1) is 7.33. The Morgan fingerprint density at radius 1 is 1.20 bits per heavy atom. The maximum atomic E-state index is 4.18. The molecule has 2 atom stereocenters. The summed E-state index contributed by atoms with van der Waals surface area (Å²) in [5, 5.41) is 3.41. The molecule has 0 aliphatic heterocycles. The highest BCUT2D eigenvalue weighted by Gasteiger charge is 2.17. The average molecular weight is 229 g/mol. The standard InChI is InChI=1S/C13H27NS/c1-12-5-4-7-13(11-12)6-2-3-8-14-9-10-15/h12-15H,2-11H2,1H3/t12-,13-/m1/s1. The molecule has 0 unspecified atom stereocenters. The molecule has 0 aromatic carbocycles. The van der Waals surface area contributed by atoms with Crippen LogP contribution < -0.4 is 5.32 Å². The van der Waals surface area contributed by atoms with Gasteiger partial charge in [-0.05, 0) is 31.2 Å². The van der Waals surface area contributed by atoms with E-state index in [2.05, 4.69) is 24.9 Å². The summed E-state index contributed by atoms with van der Waals surface area (Å²) in [6.07, 6.45) is 10.2. The van der Waals surface area contributed by atoms with Crippen molar-refractivity contribution in [3.63, 3.8) is 0 Å². The van der Waals surface area contributed by atoms with Crippen LogP contribution in [0.15, 0.2) is 0 Å². The Bertz CT molecular complexity index is 149. The van der Waals surface area contributed by atoms with Gasteiger partial charge in [0.1, 0.15) is 0 Å². The molecule has 0 radical (unpaired) electrons. The molecule has 0 spiro atoms. The van der Waals surface area contributed by atoms with Crippen LogP contribution in [0.5, 0.6) is 0 Å². The number of nitrogens with one attached hydrogen (secondary N) is 1. The molecule has 0 amide bonds. The largest absolute Gasteiger partial charge is 0.316 e. The van der Waals surface area contributed by atoms with E-state index in [0.29, 0.717) is 0 Å². The van der Waals surface area contributed by atoms with Crippen molar-refractivity contribution in [3.05, 3.63) is 0 Å². The van der Waals surface area contributed by atoms with Crippen LogP contribution in [0.4, 0.5) is 0 Å². The summed E-state index contributed by atoms with van der Waals surface area (Å²) in [6.45, 7) is 4.66. The Morgan fingerprint density at radius 2 is 2.07 bits per heavy atom. The summed E-state index contributed by atoms with van der Waals surface area (Å²) < 4.78 is 0. The van der Waals surface area contributed by atoms with E-state index in [1.807, 2.05) is 0 Å². The minimum Gasteiger partial charge on any atom is -0.316 e. The predicted octanol–water partition coefficient (Wildman–Crippen LogP) is 3.50. The molecule has 0 aromatic rings. The van der Waals surface area contributed by atoms with Crippen LogP contribution in [0.25, 0.3) is 0 Å². The maximum Gasteiger partial charge on any atom is 0.00397 e. The highest BCUT2D eigenvalue weighted by molar-refractivity contribution is 7.80. The molecule has 15 heavy (non-hydrogen) atoms. The quantitative estimate of drug-likeness (QED) is 0.503. The number of unbranched alkanes of at least 4 members (excludes halogenated alkanes) is 1. The van der Waals surface area contributed by atoms with Gasteiger partial charge in [-0.3, -0.25) is 0 Å². The third kappa shape index (κ3) is 6.47. The molecule has 1 saturated carbocycles. The Hall–Kier alpha value is 0.310. The van der Waals surface area contributed by atoms with E-state index < -0.39 is 0 Å². The molecule has 2 heteroatoms. The van der Waals surface area contributed by atoms with Crippen LogP contribution in [-0.2, 0) is 0 Å². The van der Waals surface area contributed by atoms with Gasteiger partial charge in [-0.25, -0.2) is 0 Å².